The van der Waals surface area contributed by atoms with Gasteiger partial charge in [-0.3, -0.25) is 10.1 Å². The molecule has 0 saturated carbocycles. The summed E-state index contributed by atoms with van der Waals surface area (Å²) in [5.41, 5.74) is -0.898. The number of nitro groups is 1. The number of rotatable bonds is 5. The minimum Gasteiger partial charge on any atom is -0.258 e. The molecule has 0 spiro atoms. The van der Waals surface area contributed by atoms with Gasteiger partial charge in [0.1, 0.15) is 0 Å². The molecule has 1 aromatic carbocycles. The van der Waals surface area contributed by atoms with Crippen molar-refractivity contribution in [3.05, 3.63) is 33.6 Å². The lowest BCUT2D eigenvalue weighted by molar-refractivity contribution is -0.387. The molecule has 0 aliphatic carbocycles. The topological polar surface area (TPSA) is 89.3 Å². The summed E-state index contributed by atoms with van der Waals surface area (Å²) >= 11 is 1.70. The minimum atomic E-state index is -3.88. The molecule has 1 heterocycles. The Morgan fingerprint density at radius 2 is 2.24 bits per heavy atom. The molecule has 2 rings (SSSR count). The van der Waals surface area contributed by atoms with Gasteiger partial charge in [-0.25, -0.2) is 13.1 Å². The van der Waals surface area contributed by atoms with Crippen LogP contribution in [0.5, 0.6) is 0 Å². The average molecular weight is 334 g/mol. The zero-order valence-electron chi connectivity index (χ0n) is 11.3. The lowest BCUT2D eigenvalue weighted by Gasteiger charge is -2.11. The van der Waals surface area contributed by atoms with Crippen LogP contribution < -0.4 is 4.72 Å². The third-order valence-corrected chi connectivity index (χ3v) is 6.04. The maximum absolute atomic E-state index is 13.6. The van der Waals surface area contributed by atoms with E-state index in [0.29, 0.717) is 0 Å². The number of halogens is 1. The van der Waals surface area contributed by atoms with E-state index in [9.17, 15) is 22.9 Å². The Kier molecular flexibility index (Phi) is 4.84. The van der Waals surface area contributed by atoms with Crippen molar-refractivity contribution in [1.82, 2.24) is 4.72 Å². The standard InChI is InChI=1S/C12H15FN2O4S2/c1-8-5-10(6-11(12(8)13)15(16)17)21(18,19)14-7-9-3-2-4-20-9/h5-6,9,14H,2-4,7H2,1H3. The first kappa shape index (κ1) is 16.2. The van der Waals surface area contributed by atoms with E-state index in [1.165, 1.54) is 6.92 Å². The highest BCUT2D eigenvalue weighted by Crippen LogP contribution is 2.27. The molecule has 9 heteroatoms. The van der Waals surface area contributed by atoms with Gasteiger partial charge < -0.3 is 0 Å². The average Bonchev–Trinajstić information content (AvgIpc) is 2.92. The fraction of sp³-hybridized carbons (Fsp3) is 0.500. The minimum absolute atomic E-state index is 0.0696. The van der Waals surface area contributed by atoms with Crippen LogP contribution in [0.3, 0.4) is 0 Å². The molecule has 0 aromatic heterocycles. The third kappa shape index (κ3) is 3.72. The molecule has 1 N–H and O–H groups in total. The number of benzene rings is 1. The lowest BCUT2D eigenvalue weighted by Crippen LogP contribution is -2.30. The summed E-state index contributed by atoms with van der Waals surface area (Å²) in [7, 11) is -3.88. The van der Waals surface area contributed by atoms with E-state index in [0.717, 1.165) is 30.7 Å². The van der Waals surface area contributed by atoms with Gasteiger partial charge in [-0.1, -0.05) is 0 Å². The quantitative estimate of drug-likeness (QED) is 0.659. The largest absolute Gasteiger partial charge is 0.306 e. The van der Waals surface area contributed by atoms with E-state index in [1.54, 1.807) is 11.8 Å². The molecular weight excluding hydrogens is 319 g/mol. The second kappa shape index (κ2) is 6.29. The summed E-state index contributed by atoms with van der Waals surface area (Å²) in [6, 6.07) is 1.86. The van der Waals surface area contributed by atoms with Crippen molar-refractivity contribution in [3.8, 4) is 0 Å². The molecule has 1 aromatic rings. The van der Waals surface area contributed by atoms with Crippen LogP contribution in [0.4, 0.5) is 10.1 Å². The molecular formula is C12H15FN2O4S2. The van der Waals surface area contributed by atoms with Crippen LogP contribution in [-0.4, -0.2) is 30.9 Å². The van der Waals surface area contributed by atoms with Gasteiger partial charge in [0.05, 0.1) is 9.82 Å². The fourth-order valence-electron chi connectivity index (χ4n) is 2.10. The first-order valence-corrected chi connectivity index (χ1v) is 8.90. The van der Waals surface area contributed by atoms with Crippen LogP contribution in [0.2, 0.25) is 0 Å². The number of thioether (sulfide) groups is 1. The van der Waals surface area contributed by atoms with Gasteiger partial charge in [0.25, 0.3) is 0 Å². The van der Waals surface area contributed by atoms with Gasteiger partial charge >= 0.3 is 5.69 Å². The fourth-order valence-corrected chi connectivity index (χ4v) is 4.59. The van der Waals surface area contributed by atoms with Gasteiger partial charge in [-0.05, 0) is 37.1 Å². The van der Waals surface area contributed by atoms with E-state index in [4.69, 9.17) is 0 Å². The monoisotopic (exact) mass is 334 g/mol. The van der Waals surface area contributed by atoms with Crippen LogP contribution in [0.1, 0.15) is 18.4 Å². The number of nitrogens with one attached hydrogen (secondary N) is 1. The van der Waals surface area contributed by atoms with Gasteiger partial charge in [0.2, 0.25) is 15.8 Å². The predicted molar refractivity (Wildman–Crippen MR) is 78.5 cm³/mol. The van der Waals surface area contributed by atoms with Crippen LogP contribution in [-0.2, 0) is 10.0 Å². The Morgan fingerprint density at radius 1 is 1.52 bits per heavy atom. The molecule has 21 heavy (non-hydrogen) atoms. The van der Waals surface area contributed by atoms with E-state index in [2.05, 4.69) is 4.72 Å². The highest BCUT2D eigenvalue weighted by molar-refractivity contribution is 8.00. The molecule has 1 saturated heterocycles. The smallest absolute Gasteiger partial charge is 0.258 e. The maximum atomic E-state index is 13.6. The van der Waals surface area contributed by atoms with Gasteiger partial charge in [0.15, 0.2) is 0 Å². The van der Waals surface area contributed by atoms with Gasteiger partial charge in [0, 0.05) is 17.9 Å². The van der Waals surface area contributed by atoms with Crippen LogP contribution in [0, 0.1) is 22.9 Å². The summed E-state index contributed by atoms with van der Waals surface area (Å²) in [4.78, 5) is 9.56. The summed E-state index contributed by atoms with van der Waals surface area (Å²) in [5.74, 6) is -0.00152. The number of nitrogens with zero attached hydrogens (tertiary/aromatic N) is 1. The second-order valence-electron chi connectivity index (χ2n) is 4.82. The maximum Gasteiger partial charge on any atom is 0.306 e. The van der Waals surface area contributed by atoms with Crippen molar-refractivity contribution in [2.75, 3.05) is 12.3 Å². The molecule has 1 unspecified atom stereocenters. The summed E-state index contributed by atoms with van der Waals surface area (Å²) in [6.45, 7) is 1.57. The SMILES string of the molecule is Cc1cc(S(=O)(=O)NCC2CCCS2)cc([N+](=O)[O-])c1F. The third-order valence-electron chi connectivity index (χ3n) is 3.24. The van der Waals surface area contributed by atoms with Crippen molar-refractivity contribution >= 4 is 27.5 Å². The van der Waals surface area contributed by atoms with Crippen molar-refractivity contribution in [2.45, 2.75) is 29.9 Å². The molecule has 1 fully saturated rings. The van der Waals surface area contributed by atoms with Gasteiger partial charge in [-0.15, -0.1) is 0 Å². The first-order valence-electron chi connectivity index (χ1n) is 6.37. The highest BCUT2D eigenvalue weighted by Gasteiger charge is 2.25. The number of aryl methyl sites for hydroxylation is 1. The Labute approximate surface area is 126 Å². The number of hydrogen-bond acceptors (Lipinski definition) is 5. The number of hydrogen-bond donors (Lipinski definition) is 1. The Hall–Kier alpha value is -1.19. The normalized spacial score (nSPS) is 18.9. The first-order chi connectivity index (χ1) is 9.81. The Morgan fingerprint density at radius 3 is 2.81 bits per heavy atom. The van der Waals surface area contributed by atoms with Crippen LogP contribution in [0.15, 0.2) is 17.0 Å². The zero-order valence-corrected chi connectivity index (χ0v) is 13.0. The molecule has 1 atom stereocenters. The summed E-state index contributed by atoms with van der Waals surface area (Å²) in [6.07, 6.45) is 1.99. The summed E-state index contributed by atoms with van der Waals surface area (Å²) < 4.78 is 40.4. The molecule has 1 aliphatic rings. The van der Waals surface area contributed by atoms with Crippen LogP contribution >= 0.6 is 11.8 Å². The van der Waals surface area contributed by atoms with E-state index < -0.39 is 26.5 Å². The number of sulfonamides is 1. The Balaban J connectivity index is 2.24. The van der Waals surface area contributed by atoms with E-state index in [1.807, 2.05) is 0 Å². The highest BCUT2D eigenvalue weighted by atomic mass is 32.2. The van der Waals surface area contributed by atoms with Crippen molar-refractivity contribution in [3.63, 3.8) is 0 Å². The number of nitro benzene ring substituents is 1. The van der Waals surface area contributed by atoms with Crippen molar-refractivity contribution in [2.24, 2.45) is 0 Å². The predicted octanol–water partition coefficient (Wildman–Crippen LogP) is 2.22. The van der Waals surface area contributed by atoms with E-state index in [-0.39, 0.29) is 22.3 Å². The second-order valence-corrected chi connectivity index (χ2v) is 7.99. The molecule has 0 bridgehead atoms. The molecule has 1 aliphatic heterocycles. The molecule has 116 valence electrons. The Bertz CT molecular complexity index is 657. The zero-order chi connectivity index (χ0) is 15.6. The van der Waals surface area contributed by atoms with Crippen molar-refractivity contribution < 1.29 is 17.7 Å². The summed E-state index contributed by atoms with van der Waals surface area (Å²) in [5, 5.41) is 11.0. The van der Waals surface area contributed by atoms with Crippen LogP contribution in [0.25, 0.3) is 0 Å². The van der Waals surface area contributed by atoms with Gasteiger partial charge in [-0.2, -0.15) is 16.2 Å². The van der Waals surface area contributed by atoms with Crippen molar-refractivity contribution in [1.29, 1.82) is 0 Å². The molecule has 6 nitrogen and oxygen atoms in total. The molecule has 0 amide bonds. The van der Waals surface area contributed by atoms with E-state index >= 15 is 0 Å². The molecule has 0 radical (unpaired) electrons. The lowest BCUT2D eigenvalue weighted by atomic mass is 10.2.